The van der Waals surface area contributed by atoms with Gasteiger partial charge in [0.2, 0.25) is 0 Å². The molecule has 1 aromatic rings. The van der Waals surface area contributed by atoms with Crippen LogP contribution in [0.1, 0.15) is 57.6 Å². The van der Waals surface area contributed by atoms with Crippen LogP contribution in [0, 0.1) is 5.92 Å². The van der Waals surface area contributed by atoms with Crippen LogP contribution in [0.3, 0.4) is 0 Å². The molecule has 1 saturated carbocycles. The van der Waals surface area contributed by atoms with Crippen LogP contribution in [0.25, 0.3) is 0 Å². The second-order valence-corrected chi connectivity index (χ2v) is 6.87. The van der Waals surface area contributed by atoms with Crippen LogP contribution in [0.2, 0.25) is 0 Å². The Bertz CT molecular complexity index is 404. The molecule has 1 fully saturated rings. The highest BCUT2D eigenvalue weighted by Gasteiger charge is 2.29. The summed E-state index contributed by atoms with van der Waals surface area (Å²) >= 11 is 3.48. The van der Waals surface area contributed by atoms with Crippen molar-refractivity contribution in [1.29, 1.82) is 0 Å². The van der Waals surface area contributed by atoms with E-state index in [0.717, 1.165) is 4.47 Å². The summed E-state index contributed by atoms with van der Waals surface area (Å²) in [5.74, 6) is 0.695. The Labute approximate surface area is 131 Å². The quantitative estimate of drug-likeness (QED) is 0.834. The van der Waals surface area contributed by atoms with E-state index in [1.54, 1.807) is 0 Å². The molecule has 0 heterocycles. The highest BCUT2D eigenvalue weighted by molar-refractivity contribution is 9.10. The molecule has 1 aliphatic rings. The number of hydrogen-bond acceptors (Lipinski definition) is 2. The van der Waals surface area contributed by atoms with Gasteiger partial charge in [-0.2, -0.15) is 0 Å². The van der Waals surface area contributed by atoms with Gasteiger partial charge in [-0.25, -0.2) is 0 Å². The minimum absolute atomic E-state index is 0.000231. The molecular formula is C17H26BrNO. The summed E-state index contributed by atoms with van der Waals surface area (Å²) in [5.41, 5.74) is 7.36. The normalized spacial score (nSPS) is 26.2. The molecule has 1 aliphatic carbocycles. The van der Waals surface area contributed by atoms with Crippen LogP contribution in [0.15, 0.2) is 28.7 Å². The Morgan fingerprint density at radius 3 is 2.50 bits per heavy atom. The number of nitrogens with two attached hydrogens (primary N) is 1. The summed E-state index contributed by atoms with van der Waals surface area (Å²) < 4.78 is 7.53. The fourth-order valence-electron chi connectivity index (χ4n) is 3.17. The van der Waals surface area contributed by atoms with E-state index in [1.165, 1.54) is 37.7 Å². The predicted octanol–water partition coefficient (Wildman–Crippen LogP) is 4.82. The van der Waals surface area contributed by atoms with E-state index in [-0.39, 0.29) is 12.1 Å². The topological polar surface area (TPSA) is 35.2 Å². The van der Waals surface area contributed by atoms with Gasteiger partial charge >= 0.3 is 0 Å². The third kappa shape index (κ3) is 4.06. The fourth-order valence-corrected chi connectivity index (χ4v) is 3.43. The lowest BCUT2D eigenvalue weighted by Gasteiger charge is -2.35. The van der Waals surface area contributed by atoms with Crippen molar-refractivity contribution in [2.45, 2.75) is 64.2 Å². The molecule has 0 aliphatic heterocycles. The average Bonchev–Trinajstić information content (AvgIpc) is 2.46. The summed E-state index contributed by atoms with van der Waals surface area (Å²) in [6.45, 7) is 4.31. The van der Waals surface area contributed by atoms with Gasteiger partial charge < -0.3 is 10.5 Å². The summed E-state index contributed by atoms with van der Waals surface area (Å²) in [7, 11) is 0. The van der Waals surface area contributed by atoms with Gasteiger partial charge in [0.15, 0.2) is 0 Å². The Balaban J connectivity index is 2.10. The molecule has 0 amide bonds. The van der Waals surface area contributed by atoms with Crippen LogP contribution in [0.4, 0.5) is 0 Å². The molecule has 20 heavy (non-hydrogen) atoms. The first-order valence-electron chi connectivity index (χ1n) is 7.78. The van der Waals surface area contributed by atoms with Crippen LogP contribution in [0.5, 0.6) is 0 Å². The van der Waals surface area contributed by atoms with Crippen LogP contribution in [-0.2, 0) is 4.74 Å². The summed E-state index contributed by atoms with van der Waals surface area (Å²) in [6, 6.07) is 8.36. The Hall–Kier alpha value is -0.380. The molecule has 0 bridgehead atoms. The van der Waals surface area contributed by atoms with Gasteiger partial charge in [0.05, 0.1) is 12.2 Å². The van der Waals surface area contributed by atoms with Crippen molar-refractivity contribution in [2.24, 2.45) is 11.7 Å². The summed E-state index contributed by atoms with van der Waals surface area (Å²) in [5, 5.41) is 0. The molecule has 0 spiro atoms. The number of rotatable bonds is 5. The van der Waals surface area contributed by atoms with E-state index in [4.69, 9.17) is 10.5 Å². The highest BCUT2D eigenvalue weighted by Crippen LogP contribution is 2.34. The van der Waals surface area contributed by atoms with Crippen LogP contribution < -0.4 is 5.73 Å². The lowest BCUT2D eigenvalue weighted by molar-refractivity contribution is -0.0700. The van der Waals surface area contributed by atoms with Gasteiger partial charge in [-0.1, -0.05) is 54.2 Å². The minimum Gasteiger partial charge on any atom is -0.368 e. The minimum atomic E-state index is 0.000231. The molecule has 2 nitrogen and oxygen atoms in total. The number of hydrogen-bond donors (Lipinski definition) is 1. The molecule has 0 radical (unpaired) electrons. The first kappa shape index (κ1) is 16.0. The zero-order valence-corrected chi connectivity index (χ0v) is 14.1. The number of benzene rings is 1. The molecule has 2 N–H and O–H groups in total. The van der Waals surface area contributed by atoms with Crippen molar-refractivity contribution in [3.05, 3.63) is 34.3 Å². The van der Waals surface area contributed by atoms with E-state index < -0.39 is 0 Å². The summed E-state index contributed by atoms with van der Waals surface area (Å²) in [4.78, 5) is 0. The standard InChI is InChI=1S/C17H26BrNO/c1-3-13-6-4-5-7-16(13)20-17(12(2)19)14-8-10-15(18)11-9-14/h8-13,16-17H,3-7,19H2,1-2H3. The third-order valence-corrected chi connectivity index (χ3v) is 4.89. The molecule has 112 valence electrons. The molecule has 3 heteroatoms. The molecular weight excluding hydrogens is 314 g/mol. The van der Waals surface area contributed by atoms with Crippen LogP contribution >= 0.6 is 15.9 Å². The first-order chi connectivity index (χ1) is 9.61. The maximum Gasteiger partial charge on any atom is 0.0976 e. The van der Waals surface area contributed by atoms with Gasteiger partial charge in [0.25, 0.3) is 0 Å². The molecule has 4 atom stereocenters. The average molecular weight is 340 g/mol. The highest BCUT2D eigenvalue weighted by atomic mass is 79.9. The number of ether oxygens (including phenoxy) is 1. The molecule has 0 saturated heterocycles. The van der Waals surface area contributed by atoms with Gasteiger partial charge in [-0.15, -0.1) is 0 Å². The molecule has 2 rings (SSSR count). The van der Waals surface area contributed by atoms with Crippen molar-refractivity contribution < 1.29 is 4.74 Å². The van der Waals surface area contributed by atoms with Crippen molar-refractivity contribution in [3.63, 3.8) is 0 Å². The van der Waals surface area contributed by atoms with Gasteiger partial charge in [-0.3, -0.25) is 0 Å². The maximum absolute atomic E-state index is 6.44. The Morgan fingerprint density at radius 2 is 1.90 bits per heavy atom. The van der Waals surface area contributed by atoms with Gasteiger partial charge in [0, 0.05) is 10.5 Å². The lowest BCUT2D eigenvalue weighted by atomic mass is 9.84. The zero-order valence-electron chi connectivity index (χ0n) is 12.5. The maximum atomic E-state index is 6.44. The fraction of sp³-hybridized carbons (Fsp3) is 0.647. The smallest absolute Gasteiger partial charge is 0.0976 e. The summed E-state index contributed by atoms with van der Waals surface area (Å²) in [6.07, 6.45) is 6.68. The largest absolute Gasteiger partial charge is 0.368 e. The van der Waals surface area contributed by atoms with Crippen LogP contribution in [-0.4, -0.2) is 12.1 Å². The van der Waals surface area contributed by atoms with Crippen molar-refractivity contribution in [2.75, 3.05) is 0 Å². The first-order valence-corrected chi connectivity index (χ1v) is 8.57. The van der Waals surface area contributed by atoms with Gasteiger partial charge in [-0.05, 0) is 43.4 Å². The zero-order chi connectivity index (χ0) is 14.5. The van der Waals surface area contributed by atoms with Crippen molar-refractivity contribution >= 4 is 15.9 Å². The monoisotopic (exact) mass is 339 g/mol. The molecule has 1 aromatic carbocycles. The third-order valence-electron chi connectivity index (χ3n) is 4.36. The molecule has 0 aromatic heterocycles. The van der Waals surface area contributed by atoms with E-state index >= 15 is 0 Å². The Morgan fingerprint density at radius 1 is 1.25 bits per heavy atom. The SMILES string of the molecule is CCC1CCCCC1OC(c1ccc(Br)cc1)C(C)N. The predicted molar refractivity (Wildman–Crippen MR) is 87.7 cm³/mol. The number of halogens is 1. The van der Waals surface area contributed by atoms with Crippen molar-refractivity contribution in [3.8, 4) is 0 Å². The van der Waals surface area contributed by atoms with Crippen molar-refractivity contribution in [1.82, 2.24) is 0 Å². The van der Waals surface area contributed by atoms with Gasteiger partial charge in [0.1, 0.15) is 0 Å². The molecule has 4 unspecified atom stereocenters. The second-order valence-electron chi connectivity index (χ2n) is 5.96. The van der Waals surface area contributed by atoms with E-state index in [0.29, 0.717) is 12.0 Å². The Kier molecular flexibility index (Phi) is 6.06. The van der Waals surface area contributed by atoms with E-state index in [9.17, 15) is 0 Å². The lowest BCUT2D eigenvalue weighted by Crippen LogP contribution is -2.35. The van der Waals surface area contributed by atoms with E-state index in [1.807, 2.05) is 6.92 Å². The van der Waals surface area contributed by atoms with E-state index in [2.05, 4.69) is 47.1 Å². The second kappa shape index (κ2) is 7.58.